The predicted molar refractivity (Wildman–Crippen MR) is 165 cm³/mol. The molecule has 4 nitrogen and oxygen atoms in total. The molecule has 4 rings (SSSR count). The number of halogens is 2. The van der Waals surface area contributed by atoms with Crippen molar-refractivity contribution in [2.75, 3.05) is 0 Å². The Morgan fingerprint density at radius 1 is 0.725 bits per heavy atom. The van der Waals surface area contributed by atoms with Gasteiger partial charge in [-0.1, -0.05) is 55.4 Å². The van der Waals surface area contributed by atoms with Gasteiger partial charge in [-0.05, 0) is 93.1 Å². The van der Waals surface area contributed by atoms with Gasteiger partial charge in [0.15, 0.2) is 0 Å². The van der Waals surface area contributed by atoms with E-state index in [9.17, 15) is 8.78 Å². The first kappa shape index (κ1) is 36.0. The summed E-state index contributed by atoms with van der Waals surface area (Å²) in [5.74, 6) is 3.07. The van der Waals surface area contributed by atoms with Gasteiger partial charge in [-0.25, -0.2) is 28.7 Å². The Morgan fingerprint density at radius 2 is 1.23 bits per heavy atom. The quantitative estimate of drug-likeness (QED) is 0.322. The van der Waals surface area contributed by atoms with Crippen molar-refractivity contribution in [2.24, 2.45) is 35.5 Å². The molecular weight excluding hydrogens is 502 g/mol. The molecule has 2 aliphatic carbocycles. The van der Waals surface area contributed by atoms with E-state index >= 15 is 0 Å². The molecule has 2 aliphatic rings. The molecule has 228 valence electrons. The molecule has 0 N–H and O–H groups in total. The van der Waals surface area contributed by atoms with Gasteiger partial charge < -0.3 is 0 Å². The lowest BCUT2D eigenvalue weighted by atomic mass is 9.94. The summed E-state index contributed by atoms with van der Waals surface area (Å²) in [6.45, 7) is 21.4. The molecule has 2 aromatic heterocycles. The Hall–Kier alpha value is -1.98. The first-order valence-electron chi connectivity index (χ1n) is 15.6. The molecule has 0 amide bonds. The number of aryl methyl sites for hydroxylation is 3. The van der Waals surface area contributed by atoms with Crippen LogP contribution in [0.2, 0.25) is 0 Å². The Bertz CT molecular complexity index is 905. The van der Waals surface area contributed by atoms with E-state index in [1.165, 1.54) is 19.3 Å². The summed E-state index contributed by atoms with van der Waals surface area (Å²) >= 11 is 0. The fraction of sp³-hybridized carbons (Fsp3) is 0.765. The van der Waals surface area contributed by atoms with Crippen molar-refractivity contribution < 1.29 is 8.78 Å². The van der Waals surface area contributed by atoms with E-state index in [2.05, 4.69) is 61.5 Å². The van der Waals surface area contributed by atoms with Gasteiger partial charge in [0.05, 0.1) is 0 Å². The highest BCUT2D eigenvalue weighted by Gasteiger charge is 2.43. The van der Waals surface area contributed by atoms with Crippen LogP contribution in [0.5, 0.6) is 0 Å². The van der Waals surface area contributed by atoms with E-state index in [0.717, 1.165) is 59.8 Å². The molecular formula is C34H58F2N4. The minimum Gasteiger partial charge on any atom is -0.241 e. The molecule has 0 radical (unpaired) electrons. The number of hydrogen-bond acceptors (Lipinski definition) is 4. The SMILES string of the molecule is CC(C)C1CC1.CC(C)CC1CCCC1(F)F.Cc1cnc(CC(C)C)nc1.Cc1cnc(CCC(C)C)nc1. The lowest BCUT2D eigenvalue weighted by molar-refractivity contribution is -0.0431. The predicted octanol–water partition coefficient (Wildman–Crippen LogP) is 9.88. The van der Waals surface area contributed by atoms with Crippen LogP contribution in [0.25, 0.3) is 0 Å². The zero-order valence-corrected chi connectivity index (χ0v) is 27.2. The summed E-state index contributed by atoms with van der Waals surface area (Å²) in [4.78, 5) is 16.9. The van der Waals surface area contributed by atoms with Crippen LogP contribution in [0, 0.1) is 49.4 Å². The number of nitrogens with zero attached hydrogens (tertiary/aromatic N) is 4. The van der Waals surface area contributed by atoms with Crippen molar-refractivity contribution in [1.29, 1.82) is 0 Å². The number of hydrogen-bond donors (Lipinski definition) is 0. The molecule has 2 heterocycles. The van der Waals surface area contributed by atoms with Crippen molar-refractivity contribution in [2.45, 2.75) is 133 Å². The minimum atomic E-state index is -2.36. The Kier molecular flexibility index (Phi) is 16.6. The van der Waals surface area contributed by atoms with E-state index in [4.69, 9.17) is 0 Å². The Balaban J connectivity index is 0.000000273. The van der Waals surface area contributed by atoms with Crippen LogP contribution in [-0.2, 0) is 12.8 Å². The van der Waals surface area contributed by atoms with Gasteiger partial charge in [-0.2, -0.15) is 0 Å². The molecule has 0 bridgehead atoms. The maximum atomic E-state index is 13.0. The van der Waals surface area contributed by atoms with Gasteiger partial charge >= 0.3 is 0 Å². The highest BCUT2D eigenvalue weighted by Crippen LogP contribution is 2.43. The first-order chi connectivity index (χ1) is 18.7. The summed E-state index contributed by atoms with van der Waals surface area (Å²) in [6, 6.07) is 0. The summed E-state index contributed by atoms with van der Waals surface area (Å²) in [7, 11) is 0. The average molecular weight is 561 g/mol. The standard InChI is InChI=1S/C10H16N2.C9H16F2.C9H14N2.C6H12/c1-8(2)4-5-10-11-6-9(3)7-12-10;1-7(2)6-8-4-3-5-9(8,10)11;1-7(2)4-9-10-5-8(3)6-11-9;1-5(2)6-3-4-6/h6-8H,4-5H2,1-3H3;7-8H,3-6H2,1-2H3;5-7H,4H2,1-3H3;5-6H,3-4H2,1-2H3. The fourth-order valence-electron chi connectivity index (χ4n) is 4.48. The van der Waals surface area contributed by atoms with Gasteiger partial charge in [0.1, 0.15) is 11.6 Å². The second kappa shape index (κ2) is 18.5. The van der Waals surface area contributed by atoms with Crippen molar-refractivity contribution in [3.8, 4) is 0 Å². The monoisotopic (exact) mass is 560 g/mol. The highest BCUT2D eigenvalue weighted by atomic mass is 19.3. The molecule has 0 aliphatic heterocycles. The van der Waals surface area contributed by atoms with E-state index in [-0.39, 0.29) is 12.3 Å². The second-order valence-corrected chi connectivity index (χ2v) is 13.4. The molecule has 0 spiro atoms. The molecule has 1 unspecified atom stereocenters. The first-order valence-corrected chi connectivity index (χ1v) is 15.6. The zero-order chi connectivity index (χ0) is 30.3. The van der Waals surface area contributed by atoms with Gasteiger partial charge in [0.25, 0.3) is 5.92 Å². The molecule has 0 saturated heterocycles. The van der Waals surface area contributed by atoms with E-state index in [1.807, 2.05) is 52.5 Å². The summed E-state index contributed by atoms with van der Waals surface area (Å²) in [5.41, 5.74) is 2.25. The normalized spacial score (nSPS) is 17.6. The number of aromatic nitrogens is 4. The van der Waals surface area contributed by atoms with Gasteiger partial charge in [-0.3, -0.25) is 0 Å². The van der Waals surface area contributed by atoms with Gasteiger partial charge in [0, 0.05) is 50.0 Å². The van der Waals surface area contributed by atoms with E-state index < -0.39 is 5.92 Å². The highest BCUT2D eigenvalue weighted by molar-refractivity contribution is 5.02. The molecule has 1 atom stereocenters. The number of alkyl halides is 2. The van der Waals surface area contributed by atoms with Crippen LogP contribution in [0.3, 0.4) is 0 Å². The molecule has 0 aromatic carbocycles. The van der Waals surface area contributed by atoms with Crippen LogP contribution >= 0.6 is 0 Å². The summed E-state index contributed by atoms with van der Waals surface area (Å²) < 4.78 is 25.9. The van der Waals surface area contributed by atoms with Crippen molar-refractivity contribution in [1.82, 2.24) is 19.9 Å². The third-order valence-corrected chi connectivity index (χ3v) is 7.19. The van der Waals surface area contributed by atoms with Crippen molar-refractivity contribution >= 4 is 0 Å². The maximum absolute atomic E-state index is 13.0. The second-order valence-electron chi connectivity index (χ2n) is 13.4. The molecule has 40 heavy (non-hydrogen) atoms. The van der Waals surface area contributed by atoms with Gasteiger partial charge in [0.2, 0.25) is 0 Å². The average Bonchev–Trinajstić information content (AvgIpc) is 3.66. The molecule has 2 aromatic rings. The smallest absolute Gasteiger partial charge is 0.241 e. The maximum Gasteiger partial charge on any atom is 0.250 e. The molecule has 2 saturated carbocycles. The molecule has 2 fully saturated rings. The van der Waals surface area contributed by atoms with Crippen LogP contribution < -0.4 is 0 Å². The zero-order valence-electron chi connectivity index (χ0n) is 27.2. The fourth-order valence-corrected chi connectivity index (χ4v) is 4.48. The minimum absolute atomic E-state index is 0.115. The summed E-state index contributed by atoms with van der Waals surface area (Å²) in [6.07, 6.45) is 15.9. The third-order valence-electron chi connectivity index (χ3n) is 7.19. The topological polar surface area (TPSA) is 51.6 Å². The van der Waals surface area contributed by atoms with Crippen LogP contribution in [0.4, 0.5) is 8.78 Å². The largest absolute Gasteiger partial charge is 0.250 e. The molecule has 6 heteroatoms. The van der Waals surface area contributed by atoms with Crippen molar-refractivity contribution in [3.63, 3.8) is 0 Å². The Labute approximate surface area is 244 Å². The Morgan fingerprint density at radius 3 is 1.55 bits per heavy atom. The van der Waals surface area contributed by atoms with E-state index in [1.54, 1.807) is 0 Å². The third kappa shape index (κ3) is 17.0. The van der Waals surface area contributed by atoms with Crippen LogP contribution in [-0.4, -0.2) is 25.9 Å². The van der Waals surface area contributed by atoms with Crippen molar-refractivity contribution in [3.05, 3.63) is 47.6 Å². The lowest BCUT2D eigenvalue weighted by Gasteiger charge is -2.20. The van der Waals surface area contributed by atoms with Gasteiger partial charge in [-0.15, -0.1) is 0 Å². The van der Waals surface area contributed by atoms with Crippen LogP contribution in [0.1, 0.15) is 123 Å². The lowest BCUT2D eigenvalue weighted by Crippen LogP contribution is -2.22. The summed E-state index contributed by atoms with van der Waals surface area (Å²) in [5, 5.41) is 0. The van der Waals surface area contributed by atoms with Crippen LogP contribution in [0.15, 0.2) is 24.8 Å². The number of rotatable bonds is 8. The van der Waals surface area contributed by atoms with E-state index in [0.29, 0.717) is 24.7 Å².